The molecule has 2 bridgehead atoms. The van der Waals surface area contributed by atoms with Crippen LogP contribution in [0.4, 0.5) is 0 Å². The minimum atomic E-state index is -0.183. The number of piperidine rings is 1. The summed E-state index contributed by atoms with van der Waals surface area (Å²) in [5.74, 6) is 0.792. The highest BCUT2D eigenvalue weighted by molar-refractivity contribution is 7.95. The lowest BCUT2D eigenvalue weighted by Crippen LogP contribution is -2.35. The minimum Gasteiger partial charge on any atom is -0.392 e. The first-order chi connectivity index (χ1) is 6.70. The highest BCUT2D eigenvalue weighted by Crippen LogP contribution is 2.41. The average Bonchev–Trinajstić information content (AvgIpc) is 2.42. The van der Waals surface area contributed by atoms with Gasteiger partial charge >= 0.3 is 5.97 Å². The third-order valence-corrected chi connectivity index (χ3v) is 4.32. The van der Waals surface area contributed by atoms with E-state index in [4.69, 9.17) is 4.18 Å². The standard InChI is InChI=1S/C10H17NO2S/c1-9(12)13-14-8-10-3-2-5-11(7-10)6-4-10/h2-8H2,1H3. The van der Waals surface area contributed by atoms with E-state index in [9.17, 15) is 4.79 Å². The zero-order valence-corrected chi connectivity index (χ0v) is 9.44. The van der Waals surface area contributed by atoms with Gasteiger partial charge in [0.15, 0.2) is 0 Å². The summed E-state index contributed by atoms with van der Waals surface area (Å²) in [7, 11) is 0. The van der Waals surface area contributed by atoms with Gasteiger partial charge in [-0.2, -0.15) is 0 Å². The molecule has 80 valence electrons. The Morgan fingerprint density at radius 2 is 2.36 bits per heavy atom. The number of rotatable bonds is 3. The van der Waals surface area contributed by atoms with E-state index in [0.717, 1.165) is 5.75 Å². The van der Waals surface area contributed by atoms with Crippen LogP contribution in [0, 0.1) is 5.41 Å². The van der Waals surface area contributed by atoms with Gasteiger partial charge in [-0.15, -0.1) is 0 Å². The number of carbonyl (C=O) groups is 1. The molecule has 2 fully saturated rings. The summed E-state index contributed by atoms with van der Waals surface area (Å²) in [6.07, 6.45) is 3.89. The van der Waals surface area contributed by atoms with Gasteiger partial charge in [0.05, 0.1) is 12.0 Å². The van der Waals surface area contributed by atoms with E-state index in [2.05, 4.69) is 4.90 Å². The van der Waals surface area contributed by atoms with Gasteiger partial charge in [-0.25, -0.2) is 0 Å². The second-order valence-electron chi connectivity index (χ2n) is 4.47. The SMILES string of the molecule is CC(=O)OSCC12CCCN(CC1)C2. The average molecular weight is 215 g/mol. The molecule has 0 aliphatic carbocycles. The smallest absolute Gasteiger partial charge is 0.314 e. The second-order valence-corrected chi connectivity index (χ2v) is 5.16. The second kappa shape index (κ2) is 4.11. The molecule has 0 aromatic rings. The maximum atomic E-state index is 10.6. The van der Waals surface area contributed by atoms with E-state index in [0.29, 0.717) is 5.41 Å². The zero-order valence-electron chi connectivity index (χ0n) is 8.62. The third-order valence-electron chi connectivity index (χ3n) is 3.24. The fraction of sp³-hybridized carbons (Fsp3) is 0.900. The summed E-state index contributed by atoms with van der Waals surface area (Å²) < 4.78 is 4.95. The first kappa shape index (κ1) is 10.3. The van der Waals surface area contributed by atoms with Crippen molar-refractivity contribution < 1.29 is 8.98 Å². The van der Waals surface area contributed by atoms with Crippen molar-refractivity contribution in [3.05, 3.63) is 0 Å². The molecule has 2 unspecified atom stereocenters. The molecule has 0 saturated carbocycles. The Labute approximate surface area is 89.4 Å². The van der Waals surface area contributed by atoms with Gasteiger partial charge in [-0.1, -0.05) is 0 Å². The molecule has 14 heavy (non-hydrogen) atoms. The number of carbonyl (C=O) groups excluding carboxylic acids is 1. The molecule has 2 heterocycles. The molecule has 3 nitrogen and oxygen atoms in total. The zero-order chi connectivity index (χ0) is 10.0. The lowest BCUT2D eigenvalue weighted by molar-refractivity contribution is -0.130. The molecule has 0 aromatic carbocycles. The third kappa shape index (κ3) is 2.23. The monoisotopic (exact) mass is 215 g/mol. The molecule has 0 spiro atoms. The van der Waals surface area contributed by atoms with Gasteiger partial charge in [-0.3, -0.25) is 4.79 Å². The van der Waals surface area contributed by atoms with Crippen LogP contribution in [0.15, 0.2) is 0 Å². The van der Waals surface area contributed by atoms with Crippen molar-refractivity contribution in [2.24, 2.45) is 5.41 Å². The van der Waals surface area contributed by atoms with Crippen molar-refractivity contribution in [2.75, 3.05) is 25.4 Å². The molecule has 2 rings (SSSR count). The summed E-state index contributed by atoms with van der Waals surface area (Å²) in [5, 5.41) is 0. The Morgan fingerprint density at radius 3 is 3.14 bits per heavy atom. The van der Waals surface area contributed by atoms with Gasteiger partial charge in [-0.05, 0) is 37.8 Å². The molecule has 2 aliphatic rings. The molecule has 0 aromatic heterocycles. The van der Waals surface area contributed by atoms with Crippen LogP contribution in [0.5, 0.6) is 0 Å². The Bertz CT molecular complexity index is 230. The van der Waals surface area contributed by atoms with E-state index in [-0.39, 0.29) is 5.97 Å². The molecule has 4 heteroatoms. The summed E-state index contributed by atoms with van der Waals surface area (Å²) in [4.78, 5) is 13.2. The Hall–Kier alpha value is -0.220. The number of hydrogen-bond donors (Lipinski definition) is 0. The van der Waals surface area contributed by atoms with Crippen LogP contribution in [0.25, 0.3) is 0 Å². The van der Waals surface area contributed by atoms with Crippen LogP contribution in [-0.4, -0.2) is 36.3 Å². The first-order valence-electron chi connectivity index (χ1n) is 5.23. The number of fused-ring (bicyclic) bond motifs is 2. The molecular weight excluding hydrogens is 198 g/mol. The summed E-state index contributed by atoms with van der Waals surface area (Å²) in [6.45, 7) is 5.17. The van der Waals surface area contributed by atoms with Crippen LogP contribution >= 0.6 is 12.0 Å². The quantitative estimate of drug-likeness (QED) is 0.670. The van der Waals surface area contributed by atoms with Crippen molar-refractivity contribution in [2.45, 2.75) is 26.2 Å². The summed E-state index contributed by atoms with van der Waals surface area (Å²) in [5.41, 5.74) is 0.443. The Kier molecular flexibility index (Phi) is 3.02. The molecular formula is C10H17NO2S. The van der Waals surface area contributed by atoms with Crippen molar-refractivity contribution in [1.29, 1.82) is 0 Å². The predicted octanol–water partition coefficient (Wildman–Crippen LogP) is 1.68. The van der Waals surface area contributed by atoms with Crippen molar-refractivity contribution in [1.82, 2.24) is 4.90 Å². The van der Waals surface area contributed by atoms with Crippen LogP contribution < -0.4 is 0 Å². The van der Waals surface area contributed by atoms with E-state index in [1.807, 2.05) is 0 Å². The molecule has 2 aliphatic heterocycles. The fourth-order valence-corrected chi connectivity index (χ4v) is 3.38. The van der Waals surface area contributed by atoms with Gasteiger partial charge in [0.2, 0.25) is 0 Å². The van der Waals surface area contributed by atoms with E-state index in [1.165, 1.54) is 57.9 Å². The maximum Gasteiger partial charge on any atom is 0.314 e. The summed E-state index contributed by atoms with van der Waals surface area (Å²) in [6, 6.07) is 0. The Balaban J connectivity index is 1.81. The van der Waals surface area contributed by atoms with Crippen LogP contribution in [-0.2, 0) is 8.98 Å². The fourth-order valence-electron chi connectivity index (χ4n) is 2.53. The minimum absolute atomic E-state index is 0.183. The van der Waals surface area contributed by atoms with Crippen molar-refractivity contribution >= 4 is 18.0 Å². The van der Waals surface area contributed by atoms with Gasteiger partial charge in [0.1, 0.15) is 0 Å². The Morgan fingerprint density at radius 1 is 1.50 bits per heavy atom. The van der Waals surface area contributed by atoms with Crippen molar-refractivity contribution in [3.63, 3.8) is 0 Å². The van der Waals surface area contributed by atoms with E-state index >= 15 is 0 Å². The van der Waals surface area contributed by atoms with Crippen LogP contribution in [0.1, 0.15) is 26.2 Å². The van der Waals surface area contributed by atoms with Crippen LogP contribution in [0.2, 0.25) is 0 Å². The molecule has 2 atom stereocenters. The van der Waals surface area contributed by atoms with Gasteiger partial charge in [0, 0.05) is 19.2 Å². The van der Waals surface area contributed by atoms with E-state index in [1.54, 1.807) is 0 Å². The maximum absolute atomic E-state index is 10.6. The predicted molar refractivity (Wildman–Crippen MR) is 56.9 cm³/mol. The highest BCUT2D eigenvalue weighted by atomic mass is 32.2. The molecule has 0 N–H and O–H groups in total. The van der Waals surface area contributed by atoms with Gasteiger partial charge < -0.3 is 9.08 Å². The normalized spacial score (nSPS) is 35.6. The summed E-state index contributed by atoms with van der Waals surface area (Å²) >= 11 is 1.34. The van der Waals surface area contributed by atoms with E-state index < -0.39 is 0 Å². The number of hydrogen-bond acceptors (Lipinski definition) is 4. The van der Waals surface area contributed by atoms with Crippen LogP contribution in [0.3, 0.4) is 0 Å². The first-order valence-corrected chi connectivity index (χ1v) is 6.14. The number of nitrogens with zero attached hydrogens (tertiary/aromatic N) is 1. The molecule has 0 amide bonds. The lowest BCUT2D eigenvalue weighted by Gasteiger charge is -2.32. The molecule has 0 radical (unpaired) electrons. The van der Waals surface area contributed by atoms with Crippen molar-refractivity contribution in [3.8, 4) is 0 Å². The molecule has 2 saturated heterocycles. The highest BCUT2D eigenvalue weighted by Gasteiger charge is 2.40. The lowest BCUT2D eigenvalue weighted by atomic mass is 9.83. The topological polar surface area (TPSA) is 29.5 Å². The van der Waals surface area contributed by atoms with Gasteiger partial charge in [0.25, 0.3) is 0 Å². The largest absolute Gasteiger partial charge is 0.392 e.